The van der Waals surface area contributed by atoms with Crippen molar-refractivity contribution in [2.24, 2.45) is 5.73 Å². The topological polar surface area (TPSA) is 52.5 Å². The molecule has 0 amide bonds. The summed E-state index contributed by atoms with van der Waals surface area (Å²) in [6.45, 7) is 2.64. The number of imidazole rings is 1. The Labute approximate surface area is 134 Å². The molecular weight excluding hydrogens is 298 g/mol. The average molecular weight is 316 g/mol. The van der Waals surface area contributed by atoms with Gasteiger partial charge < -0.3 is 14.9 Å². The van der Waals surface area contributed by atoms with E-state index in [1.54, 1.807) is 7.11 Å². The van der Waals surface area contributed by atoms with Gasteiger partial charge in [0, 0.05) is 24.2 Å². The molecule has 3 aromatic rings. The number of rotatable bonds is 4. The van der Waals surface area contributed by atoms with Gasteiger partial charge in [0.25, 0.3) is 0 Å². The van der Waals surface area contributed by atoms with Crippen molar-refractivity contribution in [2.75, 3.05) is 13.7 Å². The van der Waals surface area contributed by atoms with E-state index in [1.807, 2.05) is 47.0 Å². The lowest BCUT2D eigenvalue weighted by molar-refractivity contribution is 0.415. The fourth-order valence-corrected chi connectivity index (χ4v) is 2.74. The molecule has 0 bridgehead atoms. The summed E-state index contributed by atoms with van der Waals surface area (Å²) in [6.07, 6.45) is 1.89. The molecule has 2 heterocycles. The van der Waals surface area contributed by atoms with Crippen LogP contribution in [0, 0.1) is 0 Å². The second-order valence-electron chi connectivity index (χ2n) is 5.29. The summed E-state index contributed by atoms with van der Waals surface area (Å²) in [6, 6.07) is 11.6. The highest BCUT2D eigenvalue weighted by Crippen LogP contribution is 2.31. The third kappa shape index (κ3) is 2.56. The third-order valence-electron chi connectivity index (χ3n) is 3.80. The molecule has 0 aliphatic rings. The van der Waals surface area contributed by atoms with Crippen LogP contribution in [0.1, 0.15) is 18.5 Å². The SMILES string of the molecule is COc1ccc(-c2nc3ccc(Cl)cn3c2C(C)CN)cc1. The largest absolute Gasteiger partial charge is 0.497 e. The zero-order valence-electron chi connectivity index (χ0n) is 12.6. The Balaban J connectivity index is 2.22. The Morgan fingerprint density at radius 2 is 1.95 bits per heavy atom. The third-order valence-corrected chi connectivity index (χ3v) is 4.03. The molecule has 1 atom stereocenters. The molecule has 0 saturated heterocycles. The number of pyridine rings is 1. The first-order valence-electron chi connectivity index (χ1n) is 7.16. The van der Waals surface area contributed by atoms with Crippen LogP contribution in [0.4, 0.5) is 0 Å². The number of nitrogens with two attached hydrogens (primary N) is 1. The summed E-state index contributed by atoms with van der Waals surface area (Å²) >= 11 is 6.14. The van der Waals surface area contributed by atoms with Gasteiger partial charge in [-0.25, -0.2) is 4.98 Å². The quantitative estimate of drug-likeness (QED) is 0.798. The van der Waals surface area contributed by atoms with Crippen molar-refractivity contribution >= 4 is 17.2 Å². The maximum absolute atomic E-state index is 6.14. The molecule has 0 aliphatic carbocycles. The van der Waals surface area contributed by atoms with E-state index in [2.05, 4.69) is 6.92 Å². The summed E-state index contributed by atoms with van der Waals surface area (Å²) < 4.78 is 7.24. The van der Waals surface area contributed by atoms with Crippen LogP contribution in [0.15, 0.2) is 42.6 Å². The lowest BCUT2D eigenvalue weighted by Crippen LogP contribution is -2.12. The maximum Gasteiger partial charge on any atom is 0.137 e. The highest BCUT2D eigenvalue weighted by atomic mass is 35.5. The molecule has 2 aromatic heterocycles. The highest BCUT2D eigenvalue weighted by molar-refractivity contribution is 6.30. The summed E-state index contributed by atoms with van der Waals surface area (Å²) in [5.74, 6) is 0.995. The second-order valence-corrected chi connectivity index (χ2v) is 5.72. The van der Waals surface area contributed by atoms with Crippen molar-refractivity contribution in [3.63, 3.8) is 0 Å². The highest BCUT2D eigenvalue weighted by Gasteiger charge is 2.18. The van der Waals surface area contributed by atoms with Gasteiger partial charge in [-0.1, -0.05) is 18.5 Å². The Bertz CT molecular complexity index is 796. The van der Waals surface area contributed by atoms with E-state index in [4.69, 9.17) is 27.1 Å². The van der Waals surface area contributed by atoms with Gasteiger partial charge in [0.15, 0.2) is 0 Å². The van der Waals surface area contributed by atoms with Gasteiger partial charge in [0.2, 0.25) is 0 Å². The Kier molecular flexibility index (Phi) is 4.05. The number of hydrogen-bond donors (Lipinski definition) is 1. The molecular formula is C17H18ClN3O. The molecule has 0 fully saturated rings. The first-order chi connectivity index (χ1) is 10.6. The van der Waals surface area contributed by atoms with Crippen molar-refractivity contribution in [2.45, 2.75) is 12.8 Å². The van der Waals surface area contributed by atoms with Gasteiger partial charge in [-0.2, -0.15) is 0 Å². The molecule has 0 radical (unpaired) electrons. The molecule has 114 valence electrons. The summed E-state index contributed by atoms with van der Waals surface area (Å²) in [4.78, 5) is 4.76. The van der Waals surface area contributed by atoms with Crippen LogP contribution in [-0.4, -0.2) is 23.0 Å². The number of fused-ring (bicyclic) bond motifs is 1. The van der Waals surface area contributed by atoms with Crippen LogP contribution in [0.3, 0.4) is 0 Å². The Morgan fingerprint density at radius 3 is 2.59 bits per heavy atom. The first-order valence-corrected chi connectivity index (χ1v) is 7.54. The molecule has 22 heavy (non-hydrogen) atoms. The predicted molar refractivity (Wildman–Crippen MR) is 89.7 cm³/mol. The second kappa shape index (κ2) is 5.99. The van der Waals surface area contributed by atoms with Crippen LogP contribution >= 0.6 is 11.6 Å². The van der Waals surface area contributed by atoms with Crippen molar-refractivity contribution in [3.05, 3.63) is 53.3 Å². The van der Waals surface area contributed by atoms with Crippen LogP contribution < -0.4 is 10.5 Å². The number of aromatic nitrogens is 2. The van der Waals surface area contributed by atoms with Crippen molar-refractivity contribution in [1.29, 1.82) is 0 Å². The number of hydrogen-bond acceptors (Lipinski definition) is 3. The van der Waals surface area contributed by atoms with Crippen LogP contribution in [0.5, 0.6) is 5.75 Å². The molecule has 4 nitrogen and oxygen atoms in total. The first kappa shape index (κ1) is 14.9. The minimum absolute atomic E-state index is 0.172. The van der Waals surface area contributed by atoms with Crippen LogP contribution in [0.25, 0.3) is 16.9 Å². The van der Waals surface area contributed by atoms with Gasteiger partial charge in [-0.15, -0.1) is 0 Å². The normalized spacial score (nSPS) is 12.5. The van der Waals surface area contributed by atoms with Crippen molar-refractivity contribution in [3.8, 4) is 17.0 Å². The minimum atomic E-state index is 0.172. The molecule has 0 saturated carbocycles. The zero-order chi connectivity index (χ0) is 15.7. The standard InChI is InChI=1S/C17H18ClN3O/c1-11(9-19)17-16(12-3-6-14(22-2)7-4-12)20-15-8-5-13(18)10-21(15)17/h3-8,10-11H,9,19H2,1-2H3. The van der Waals surface area contributed by atoms with E-state index >= 15 is 0 Å². The molecule has 1 unspecified atom stereocenters. The summed E-state index contributed by atoms with van der Waals surface area (Å²) in [5, 5.41) is 0.677. The van der Waals surface area contributed by atoms with Gasteiger partial charge >= 0.3 is 0 Å². The van der Waals surface area contributed by atoms with E-state index in [0.717, 1.165) is 28.3 Å². The summed E-state index contributed by atoms with van der Waals surface area (Å²) in [7, 11) is 1.66. The van der Waals surface area contributed by atoms with Crippen LogP contribution in [0.2, 0.25) is 5.02 Å². The van der Waals surface area contributed by atoms with E-state index in [-0.39, 0.29) is 5.92 Å². The van der Waals surface area contributed by atoms with Crippen molar-refractivity contribution < 1.29 is 4.74 Å². The van der Waals surface area contributed by atoms with Gasteiger partial charge in [-0.3, -0.25) is 0 Å². The maximum atomic E-state index is 6.14. The van der Waals surface area contributed by atoms with Gasteiger partial charge in [-0.05, 0) is 36.4 Å². The van der Waals surface area contributed by atoms with Crippen LogP contribution in [-0.2, 0) is 0 Å². The van der Waals surface area contributed by atoms with E-state index < -0.39 is 0 Å². The smallest absolute Gasteiger partial charge is 0.137 e. The number of benzene rings is 1. The van der Waals surface area contributed by atoms with E-state index in [9.17, 15) is 0 Å². The Morgan fingerprint density at radius 1 is 1.23 bits per heavy atom. The van der Waals surface area contributed by atoms with Crippen molar-refractivity contribution in [1.82, 2.24) is 9.38 Å². The number of methoxy groups -OCH3 is 1. The number of ether oxygens (including phenoxy) is 1. The molecule has 0 spiro atoms. The average Bonchev–Trinajstić information content (AvgIpc) is 2.92. The fourth-order valence-electron chi connectivity index (χ4n) is 2.58. The molecule has 0 aliphatic heterocycles. The Hall–Kier alpha value is -2.04. The lowest BCUT2D eigenvalue weighted by Gasteiger charge is -2.12. The number of halogens is 1. The molecule has 3 rings (SSSR count). The summed E-state index contributed by atoms with van der Waals surface area (Å²) in [5.41, 5.74) is 9.80. The number of nitrogens with zero attached hydrogens (tertiary/aromatic N) is 2. The fraction of sp³-hybridized carbons (Fsp3) is 0.235. The predicted octanol–water partition coefficient (Wildman–Crippen LogP) is 3.73. The molecule has 2 N–H and O–H groups in total. The minimum Gasteiger partial charge on any atom is -0.497 e. The van der Waals surface area contributed by atoms with Gasteiger partial charge in [0.1, 0.15) is 11.4 Å². The van der Waals surface area contributed by atoms with E-state index in [1.165, 1.54) is 0 Å². The molecule has 1 aromatic carbocycles. The zero-order valence-corrected chi connectivity index (χ0v) is 13.3. The van der Waals surface area contributed by atoms with E-state index in [0.29, 0.717) is 11.6 Å². The van der Waals surface area contributed by atoms with Gasteiger partial charge in [0.05, 0.1) is 23.5 Å². The monoisotopic (exact) mass is 315 g/mol. The molecule has 5 heteroatoms. The lowest BCUT2D eigenvalue weighted by atomic mass is 10.0.